The van der Waals surface area contributed by atoms with Crippen molar-refractivity contribution in [3.05, 3.63) is 44.3 Å². The van der Waals surface area contributed by atoms with E-state index >= 15 is 0 Å². The van der Waals surface area contributed by atoms with Crippen molar-refractivity contribution in [2.75, 3.05) is 26.2 Å². The van der Waals surface area contributed by atoms with Crippen molar-refractivity contribution in [3.63, 3.8) is 0 Å². The van der Waals surface area contributed by atoms with Crippen LogP contribution in [0.4, 0.5) is 0 Å². The van der Waals surface area contributed by atoms with Gasteiger partial charge < -0.3 is 20.5 Å². The van der Waals surface area contributed by atoms with Crippen molar-refractivity contribution in [1.29, 1.82) is 0 Å². The predicted molar refractivity (Wildman–Crippen MR) is 128 cm³/mol. The van der Waals surface area contributed by atoms with Crippen molar-refractivity contribution in [2.24, 2.45) is 4.99 Å². The van der Waals surface area contributed by atoms with E-state index in [9.17, 15) is 5.11 Å². The van der Waals surface area contributed by atoms with Gasteiger partial charge in [-0.25, -0.2) is 4.98 Å². The molecule has 0 aliphatic rings. The highest BCUT2D eigenvalue weighted by atomic mass is 127. The van der Waals surface area contributed by atoms with E-state index < -0.39 is 6.10 Å². The van der Waals surface area contributed by atoms with Crippen LogP contribution >= 0.6 is 58.5 Å². The third kappa shape index (κ3) is 8.69. The van der Waals surface area contributed by atoms with Crippen molar-refractivity contribution >= 4 is 64.5 Å². The second-order valence-corrected chi connectivity index (χ2v) is 7.62. The molecule has 10 heteroatoms. The number of aliphatic imine (C=N–C) groups is 1. The van der Waals surface area contributed by atoms with Gasteiger partial charge in [0.15, 0.2) is 5.96 Å². The van der Waals surface area contributed by atoms with Gasteiger partial charge in [0.05, 0.1) is 22.3 Å². The SMILES string of the molecule is CCNC(=NCC(O)COc1cccc(Cl)c1Cl)NCCc1csc(C)n1.I. The van der Waals surface area contributed by atoms with E-state index in [0.29, 0.717) is 28.3 Å². The fraction of sp³-hybridized carbons (Fsp3) is 0.444. The Morgan fingerprint density at radius 2 is 2.14 bits per heavy atom. The van der Waals surface area contributed by atoms with Crippen molar-refractivity contribution in [1.82, 2.24) is 15.6 Å². The summed E-state index contributed by atoms with van der Waals surface area (Å²) in [4.78, 5) is 8.83. The van der Waals surface area contributed by atoms with Crippen LogP contribution in [-0.4, -0.2) is 48.4 Å². The number of ether oxygens (including phenoxy) is 1. The van der Waals surface area contributed by atoms with E-state index in [4.69, 9.17) is 27.9 Å². The molecule has 28 heavy (non-hydrogen) atoms. The standard InChI is InChI=1S/C18H24Cl2N4O2S.HI/c1-3-21-18(22-8-7-13-11-27-12(2)24-13)23-9-14(25)10-26-16-6-4-5-15(19)17(16)20;/h4-6,11,14,25H,3,7-10H2,1-2H3,(H2,21,22,23);1H. The number of hydrogen-bond acceptors (Lipinski definition) is 5. The summed E-state index contributed by atoms with van der Waals surface area (Å²) in [6.07, 6.45) is 0.0462. The van der Waals surface area contributed by atoms with Gasteiger partial charge in [0, 0.05) is 24.9 Å². The smallest absolute Gasteiger partial charge is 0.191 e. The van der Waals surface area contributed by atoms with Gasteiger partial charge in [-0.05, 0) is 26.0 Å². The van der Waals surface area contributed by atoms with Gasteiger partial charge in [0.1, 0.15) is 23.5 Å². The highest BCUT2D eigenvalue weighted by Gasteiger charge is 2.10. The number of thiazole rings is 1. The molecule has 1 heterocycles. The molecule has 0 radical (unpaired) electrons. The number of guanidine groups is 1. The lowest BCUT2D eigenvalue weighted by Gasteiger charge is -2.14. The van der Waals surface area contributed by atoms with Crippen LogP contribution in [0.1, 0.15) is 17.6 Å². The molecule has 1 unspecified atom stereocenters. The second kappa shape index (κ2) is 13.4. The number of nitrogens with zero attached hydrogens (tertiary/aromatic N) is 2. The lowest BCUT2D eigenvalue weighted by Crippen LogP contribution is -2.39. The van der Waals surface area contributed by atoms with Crippen LogP contribution in [0.2, 0.25) is 10.0 Å². The van der Waals surface area contributed by atoms with Gasteiger partial charge in [0.25, 0.3) is 0 Å². The normalized spacial score (nSPS) is 12.2. The first-order chi connectivity index (χ1) is 13.0. The number of nitrogens with one attached hydrogen (secondary N) is 2. The Kier molecular flexibility index (Phi) is 12.1. The topological polar surface area (TPSA) is 78.8 Å². The molecule has 1 aromatic carbocycles. The number of hydrogen-bond donors (Lipinski definition) is 3. The summed E-state index contributed by atoms with van der Waals surface area (Å²) in [5.74, 6) is 1.08. The van der Waals surface area contributed by atoms with Gasteiger partial charge in [0.2, 0.25) is 0 Å². The summed E-state index contributed by atoms with van der Waals surface area (Å²) in [6, 6.07) is 5.12. The maximum Gasteiger partial charge on any atom is 0.191 e. The van der Waals surface area contributed by atoms with Crippen LogP contribution in [0.15, 0.2) is 28.6 Å². The highest BCUT2D eigenvalue weighted by molar-refractivity contribution is 14.0. The summed E-state index contributed by atoms with van der Waals surface area (Å²) in [5, 5.41) is 20.4. The molecule has 2 aromatic rings. The molecular formula is C18H25Cl2IN4O2S. The van der Waals surface area contributed by atoms with Crippen LogP contribution in [0.5, 0.6) is 5.75 Å². The summed E-state index contributed by atoms with van der Waals surface area (Å²) in [5.41, 5.74) is 1.06. The molecule has 0 saturated heterocycles. The number of aliphatic hydroxyl groups excluding tert-OH is 1. The minimum absolute atomic E-state index is 0. The molecule has 0 fully saturated rings. The Hall–Kier alpha value is -0.810. The summed E-state index contributed by atoms with van der Waals surface area (Å²) >= 11 is 13.7. The summed E-state index contributed by atoms with van der Waals surface area (Å²) < 4.78 is 5.53. The lowest BCUT2D eigenvalue weighted by atomic mass is 10.3. The highest BCUT2D eigenvalue weighted by Crippen LogP contribution is 2.31. The third-order valence-electron chi connectivity index (χ3n) is 3.49. The number of aromatic nitrogens is 1. The largest absolute Gasteiger partial charge is 0.489 e. The fourth-order valence-electron chi connectivity index (χ4n) is 2.20. The van der Waals surface area contributed by atoms with Crippen LogP contribution in [0.3, 0.4) is 0 Å². The molecule has 3 N–H and O–H groups in total. The number of halogens is 3. The molecule has 0 amide bonds. The fourth-order valence-corrected chi connectivity index (χ4v) is 3.20. The van der Waals surface area contributed by atoms with Gasteiger partial charge in [-0.3, -0.25) is 4.99 Å². The lowest BCUT2D eigenvalue weighted by molar-refractivity contribution is 0.114. The third-order valence-corrected chi connectivity index (χ3v) is 5.12. The monoisotopic (exact) mass is 558 g/mol. The van der Waals surface area contributed by atoms with E-state index in [0.717, 1.165) is 23.7 Å². The molecule has 2 rings (SSSR count). The summed E-state index contributed by atoms with van der Waals surface area (Å²) in [6.45, 7) is 5.69. The maximum absolute atomic E-state index is 10.1. The zero-order valence-electron chi connectivity index (χ0n) is 15.7. The Morgan fingerprint density at radius 3 is 2.82 bits per heavy atom. The van der Waals surface area contributed by atoms with Gasteiger partial charge >= 0.3 is 0 Å². The van der Waals surface area contributed by atoms with Crippen molar-refractivity contribution < 1.29 is 9.84 Å². The first kappa shape index (κ1) is 25.2. The maximum atomic E-state index is 10.1. The average molecular weight is 559 g/mol. The number of aryl methyl sites for hydroxylation is 1. The Morgan fingerprint density at radius 1 is 1.36 bits per heavy atom. The number of rotatable bonds is 9. The molecule has 1 aromatic heterocycles. The predicted octanol–water partition coefficient (Wildman–Crippen LogP) is 3.91. The Labute approximate surface area is 196 Å². The molecule has 156 valence electrons. The molecule has 1 atom stereocenters. The number of benzene rings is 1. The quantitative estimate of drug-likeness (QED) is 0.247. The summed E-state index contributed by atoms with van der Waals surface area (Å²) in [7, 11) is 0. The average Bonchev–Trinajstić information content (AvgIpc) is 3.06. The van der Waals surface area contributed by atoms with Gasteiger partial charge in [-0.1, -0.05) is 29.3 Å². The molecule has 0 bridgehead atoms. The van der Waals surface area contributed by atoms with E-state index in [-0.39, 0.29) is 37.1 Å². The number of aliphatic hydroxyl groups is 1. The zero-order chi connectivity index (χ0) is 19.6. The molecule has 0 spiro atoms. The van der Waals surface area contributed by atoms with Crippen LogP contribution in [0, 0.1) is 6.92 Å². The molecular weight excluding hydrogens is 534 g/mol. The zero-order valence-corrected chi connectivity index (χ0v) is 20.4. The molecule has 0 aliphatic carbocycles. The molecule has 0 saturated carbocycles. The molecule has 6 nitrogen and oxygen atoms in total. The molecule has 0 aliphatic heterocycles. The first-order valence-corrected chi connectivity index (χ1v) is 10.3. The van der Waals surface area contributed by atoms with E-state index in [1.807, 2.05) is 13.8 Å². The Bertz CT molecular complexity index is 761. The van der Waals surface area contributed by atoms with E-state index in [2.05, 4.69) is 26.0 Å². The Balaban J connectivity index is 0.00000392. The first-order valence-electron chi connectivity index (χ1n) is 8.67. The minimum atomic E-state index is -0.767. The van der Waals surface area contributed by atoms with Crippen LogP contribution in [0.25, 0.3) is 0 Å². The second-order valence-electron chi connectivity index (χ2n) is 5.77. The van der Waals surface area contributed by atoms with Gasteiger partial charge in [-0.15, -0.1) is 35.3 Å². The minimum Gasteiger partial charge on any atom is -0.489 e. The van der Waals surface area contributed by atoms with Gasteiger partial charge in [-0.2, -0.15) is 0 Å². The van der Waals surface area contributed by atoms with Crippen molar-refractivity contribution in [3.8, 4) is 5.75 Å². The van der Waals surface area contributed by atoms with E-state index in [1.54, 1.807) is 29.5 Å². The van der Waals surface area contributed by atoms with Crippen LogP contribution < -0.4 is 15.4 Å². The van der Waals surface area contributed by atoms with Crippen LogP contribution in [-0.2, 0) is 6.42 Å². The van der Waals surface area contributed by atoms with E-state index in [1.165, 1.54) is 0 Å². The van der Waals surface area contributed by atoms with Crippen molar-refractivity contribution in [2.45, 2.75) is 26.4 Å².